The monoisotopic (exact) mass is 486 g/mol. The van der Waals surface area contributed by atoms with E-state index in [9.17, 15) is 18.5 Å². The number of hydrogen-bond donors (Lipinski definition) is 1. The standard InChI is InChI=1S/C24H30N4O3S2/c25-12-21-14-32-15-27(21)22(29)13-26-24-10-17-8-19(24)9-18(11-24)23(17)16-2-4-20(5-3-16)28-6-1-7-33(28,30)31/h2-5,17-19,21,23,26H,1,6-11,13-15H2/t17?,18?,19?,21-,23?,24?/m1/s1. The van der Waals surface area contributed by atoms with Crippen molar-refractivity contribution in [3.8, 4) is 6.07 Å². The van der Waals surface area contributed by atoms with E-state index < -0.39 is 10.0 Å². The molecule has 4 aliphatic carbocycles. The summed E-state index contributed by atoms with van der Waals surface area (Å²) in [4.78, 5) is 14.5. The Bertz CT molecular complexity index is 1080. The second kappa shape index (κ2) is 7.89. The van der Waals surface area contributed by atoms with Crippen LogP contribution < -0.4 is 9.62 Å². The highest BCUT2D eigenvalue weighted by Crippen LogP contribution is 2.65. The molecule has 0 radical (unpaired) electrons. The van der Waals surface area contributed by atoms with Crippen molar-refractivity contribution in [2.45, 2.75) is 49.6 Å². The summed E-state index contributed by atoms with van der Waals surface area (Å²) >= 11 is 1.65. The average Bonchev–Trinajstić information content (AvgIpc) is 3.53. The highest BCUT2D eigenvalue weighted by molar-refractivity contribution is 7.99. The van der Waals surface area contributed by atoms with E-state index in [2.05, 4.69) is 23.5 Å². The number of rotatable bonds is 5. The second-order valence-electron chi connectivity index (χ2n) is 10.5. The van der Waals surface area contributed by atoms with Crippen molar-refractivity contribution in [1.82, 2.24) is 10.2 Å². The van der Waals surface area contributed by atoms with E-state index in [1.165, 1.54) is 18.4 Å². The lowest BCUT2D eigenvalue weighted by Gasteiger charge is -2.40. The average molecular weight is 487 g/mol. The highest BCUT2D eigenvalue weighted by atomic mass is 32.2. The van der Waals surface area contributed by atoms with Crippen LogP contribution in [0.4, 0.5) is 5.69 Å². The molecule has 9 heteroatoms. The molecular formula is C24H30N4O3S2. The fourth-order valence-electron chi connectivity index (χ4n) is 7.50. The summed E-state index contributed by atoms with van der Waals surface area (Å²) in [5.74, 6) is 4.01. The van der Waals surface area contributed by atoms with Crippen LogP contribution in [0.1, 0.15) is 43.6 Å². The Morgan fingerprint density at radius 3 is 2.58 bits per heavy atom. The van der Waals surface area contributed by atoms with E-state index >= 15 is 0 Å². The maximum Gasteiger partial charge on any atom is 0.238 e. The predicted octanol–water partition coefficient (Wildman–Crippen LogP) is 2.51. The fraction of sp³-hybridized carbons (Fsp3) is 0.667. The first-order chi connectivity index (χ1) is 15.9. The summed E-state index contributed by atoms with van der Waals surface area (Å²) in [6.45, 7) is 0.911. The van der Waals surface area contributed by atoms with Gasteiger partial charge < -0.3 is 10.2 Å². The van der Waals surface area contributed by atoms with Gasteiger partial charge in [-0.2, -0.15) is 5.26 Å². The number of hydrogen-bond acceptors (Lipinski definition) is 6. The Balaban J connectivity index is 1.13. The number of thioether (sulfide) groups is 1. The zero-order valence-electron chi connectivity index (χ0n) is 18.7. The molecule has 7 nitrogen and oxygen atoms in total. The Morgan fingerprint density at radius 1 is 1.21 bits per heavy atom. The molecule has 0 aromatic heterocycles. The Morgan fingerprint density at radius 2 is 1.94 bits per heavy atom. The van der Waals surface area contributed by atoms with E-state index in [0.717, 1.165) is 18.5 Å². The number of carbonyl (C=O) groups excluding carboxylic acids is 1. The molecule has 1 amide bonds. The molecule has 2 unspecified atom stereocenters. The van der Waals surface area contributed by atoms with Crippen LogP contribution in [0, 0.1) is 29.1 Å². The molecule has 33 heavy (non-hydrogen) atoms. The van der Waals surface area contributed by atoms with Crippen molar-refractivity contribution < 1.29 is 13.2 Å². The van der Waals surface area contributed by atoms with E-state index in [4.69, 9.17) is 0 Å². The van der Waals surface area contributed by atoms with Gasteiger partial charge in [0.15, 0.2) is 0 Å². The smallest absolute Gasteiger partial charge is 0.238 e. The Kier molecular flexibility index (Phi) is 5.20. The highest BCUT2D eigenvalue weighted by Gasteiger charge is 2.61. The van der Waals surface area contributed by atoms with Crippen molar-refractivity contribution >= 4 is 33.4 Å². The molecule has 0 spiro atoms. The van der Waals surface area contributed by atoms with Crippen LogP contribution in [0.2, 0.25) is 0 Å². The maximum atomic E-state index is 12.8. The number of carbonyl (C=O) groups is 1. The molecule has 1 aromatic carbocycles. The number of nitrogens with one attached hydrogen (secondary N) is 1. The van der Waals surface area contributed by atoms with Gasteiger partial charge in [0, 0.05) is 17.8 Å². The minimum absolute atomic E-state index is 0.0520. The molecule has 6 aliphatic rings. The largest absolute Gasteiger partial charge is 0.315 e. The number of nitrogens with zero attached hydrogens (tertiary/aromatic N) is 3. The third-order valence-corrected chi connectivity index (χ3v) is 11.7. The van der Waals surface area contributed by atoms with Gasteiger partial charge in [0.1, 0.15) is 6.04 Å². The van der Waals surface area contributed by atoms with Gasteiger partial charge in [-0.05, 0) is 73.5 Å². The maximum absolute atomic E-state index is 12.8. The van der Waals surface area contributed by atoms with Crippen molar-refractivity contribution in [3.63, 3.8) is 0 Å². The van der Waals surface area contributed by atoms with Gasteiger partial charge in [0.2, 0.25) is 15.9 Å². The van der Waals surface area contributed by atoms with Gasteiger partial charge in [-0.3, -0.25) is 9.10 Å². The predicted molar refractivity (Wildman–Crippen MR) is 128 cm³/mol. The molecule has 3 atom stereocenters. The van der Waals surface area contributed by atoms with Crippen molar-refractivity contribution in [3.05, 3.63) is 29.8 Å². The quantitative estimate of drug-likeness (QED) is 0.687. The van der Waals surface area contributed by atoms with E-state index in [1.807, 2.05) is 12.1 Å². The van der Waals surface area contributed by atoms with Crippen LogP contribution in [0.15, 0.2) is 24.3 Å². The third kappa shape index (κ3) is 3.48. The number of sulfonamides is 1. The molecule has 2 aliphatic heterocycles. The molecule has 2 heterocycles. The first kappa shape index (κ1) is 21.8. The first-order valence-electron chi connectivity index (χ1n) is 12.0. The minimum atomic E-state index is -3.15. The van der Waals surface area contributed by atoms with E-state index in [0.29, 0.717) is 54.8 Å². The van der Waals surface area contributed by atoms with Gasteiger partial charge in [-0.15, -0.1) is 11.8 Å². The van der Waals surface area contributed by atoms with Gasteiger partial charge in [0.05, 0.1) is 29.9 Å². The van der Waals surface area contributed by atoms with Crippen LogP contribution in [0.25, 0.3) is 0 Å². The summed E-state index contributed by atoms with van der Waals surface area (Å²) in [6, 6.07) is 10.2. The minimum Gasteiger partial charge on any atom is -0.315 e. The number of benzene rings is 1. The summed E-state index contributed by atoms with van der Waals surface area (Å²) < 4.78 is 26.1. The molecule has 1 N–H and O–H groups in total. The lowest BCUT2D eigenvalue weighted by atomic mass is 9.68. The van der Waals surface area contributed by atoms with E-state index in [-0.39, 0.29) is 23.2 Å². The lowest BCUT2D eigenvalue weighted by molar-refractivity contribution is -0.130. The van der Waals surface area contributed by atoms with Gasteiger partial charge in [-0.25, -0.2) is 8.42 Å². The van der Waals surface area contributed by atoms with Crippen molar-refractivity contribution in [1.29, 1.82) is 5.26 Å². The first-order valence-corrected chi connectivity index (χ1v) is 14.8. The number of nitriles is 1. The normalized spacial score (nSPS) is 38.2. The zero-order valence-corrected chi connectivity index (χ0v) is 20.3. The van der Waals surface area contributed by atoms with Crippen LogP contribution in [0.3, 0.4) is 0 Å². The van der Waals surface area contributed by atoms with Crippen molar-refractivity contribution in [2.75, 3.05) is 34.8 Å². The molecule has 2 saturated heterocycles. The van der Waals surface area contributed by atoms with Gasteiger partial charge in [0.25, 0.3) is 0 Å². The van der Waals surface area contributed by atoms with Crippen LogP contribution >= 0.6 is 11.8 Å². The molecule has 4 saturated carbocycles. The SMILES string of the molecule is N#C[C@@H]1CSCN1C(=O)CNC12CC3CC1CC(C2)C3c1ccc(N2CCCS2(=O)=O)cc1. The molecular weight excluding hydrogens is 456 g/mol. The molecule has 4 bridgehead atoms. The van der Waals surface area contributed by atoms with Crippen LogP contribution in [0.5, 0.6) is 0 Å². The number of anilines is 1. The van der Waals surface area contributed by atoms with Crippen LogP contribution in [-0.2, 0) is 14.8 Å². The second-order valence-corrected chi connectivity index (χ2v) is 13.5. The van der Waals surface area contributed by atoms with E-state index in [1.54, 1.807) is 21.0 Å². The summed E-state index contributed by atoms with van der Waals surface area (Å²) in [5.41, 5.74) is 2.19. The Labute approximate surface area is 199 Å². The van der Waals surface area contributed by atoms with Gasteiger partial charge >= 0.3 is 0 Å². The fourth-order valence-corrected chi connectivity index (χ4v) is 10.2. The molecule has 1 aromatic rings. The molecule has 176 valence electrons. The molecule has 6 fully saturated rings. The zero-order chi connectivity index (χ0) is 22.8. The summed E-state index contributed by atoms with van der Waals surface area (Å²) in [7, 11) is -3.15. The third-order valence-electron chi connectivity index (χ3n) is 8.83. The van der Waals surface area contributed by atoms with Crippen LogP contribution in [-0.4, -0.2) is 61.3 Å². The van der Waals surface area contributed by atoms with Crippen molar-refractivity contribution in [2.24, 2.45) is 17.8 Å². The topological polar surface area (TPSA) is 93.5 Å². The molecule has 7 rings (SSSR count). The number of amides is 1. The lowest BCUT2D eigenvalue weighted by Crippen LogP contribution is -2.52. The van der Waals surface area contributed by atoms with Gasteiger partial charge in [-0.1, -0.05) is 12.1 Å². The Hall–Kier alpha value is -1.76. The summed E-state index contributed by atoms with van der Waals surface area (Å²) in [5, 5.41) is 13.0. The summed E-state index contributed by atoms with van der Waals surface area (Å²) in [6.07, 6.45) is 5.30.